The lowest BCUT2D eigenvalue weighted by Gasteiger charge is -2.11. The molecule has 0 aliphatic carbocycles. The van der Waals surface area contributed by atoms with Gasteiger partial charge < -0.3 is 10.1 Å². The van der Waals surface area contributed by atoms with E-state index >= 15 is 0 Å². The van der Waals surface area contributed by atoms with Crippen LogP contribution in [0.15, 0.2) is 72.0 Å². The molecule has 1 heterocycles. The number of carbonyl (C=O) groups excluding carboxylic acids is 2. The van der Waals surface area contributed by atoms with Crippen LogP contribution in [-0.4, -0.2) is 34.8 Å². The van der Waals surface area contributed by atoms with Crippen LogP contribution in [0.3, 0.4) is 0 Å². The Labute approximate surface area is 154 Å². The number of nitrogens with one attached hydrogen (secondary N) is 1. The minimum Gasteiger partial charge on any atom is -0.451 e. The van der Waals surface area contributed by atoms with Crippen LogP contribution in [-0.2, 0) is 9.53 Å². The van der Waals surface area contributed by atoms with E-state index in [9.17, 15) is 14.4 Å². The van der Waals surface area contributed by atoms with Crippen molar-refractivity contribution in [1.29, 1.82) is 0 Å². The quantitative estimate of drug-likeness (QED) is 0.533. The molecule has 0 aliphatic rings. The van der Waals surface area contributed by atoms with Crippen LogP contribution >= 0.6 is 0 Å². The van der Waals surface area contributed by atoms with Gasteiger partial charge in [-0.05, 0) is 18.2 Å². The Balaban J connectivity index is 2.00. The van der Waals surface area contributed by atoms with E-state index in [1.807, 2.05) is 6.07 Å². The largest absolute Gasteiger partial charge is 0.451 e. The van der Waals surface area contributed by atoms with Crippen LogP contribution in [0.2, 0.25) is 0 Å². The highest BCUT2D eigenvalue weighted by Crippen LogP contribution is 2.16. The van der Waals surface area contributed by atoms with Crippen molar-refractivity contribution in [3.63, 3.8) is 0 Å². The van der Waals surface area contributed by atoms with Gasteiger partial charge in [0.15, 0.2) is 12.3 Å². The Hall–Kier alpha value is -3.74. The van der Waals surface area contributed by atoms with E-state index in [1.165, 1.54) is 6.08 Å². The Bertz CT molecular complexity index is 1060. The summed E-state index contributed by atoms with van der Waals surface area (Å²) in [5.74, 6) is -1.24. The highest BCUT2D eigenvalue weighted by Gasteiger charge is 2.19. The first-order valence-electron chi connectivity index (χ1n) is 8.24. The molecule has 27 heavy (non-hydrogen) atoms. The summed E-state index contributed by atoms with van der Waals surface area (Å²) in [5.41, 5.74) is 0.133. The van der Waals surface area contributed by atoms with E-state index in [-0.39, 0.29) is 17.8 Å². The van der Waals surface area contributed by atoms with Gasteiger partial charge in [0.25, 0.3) is 11.5 Å². The molecule has 0 bridgehead atoms. The van der Waals surface area contributed by atoms with Crippen molar-refractivity contribution in [2.75, 3.05) is 13.2 Å². The number of benzene rings is 2. The van der Waals surface area contributed by atoms with Gasteiger partial charge in [0, 0.05) is 11.9 Å². The van der Waals surface area contributed by atoms with Gasteiger partial charge in [-0.2, -0.15) is 9.78 Å². The minimum atomic E-state index is -0.787. The number of esters is 1. The van der Waals surface area contributed by atoms with Gasteiger partial charge in [-0.3, -0.25) is 9.59 Å². The summed E-state index contributed by atoms with van der Waals surface area (Å²) in [6.45, 7) is 3.31. The average molecular weight is 363 g/mol. The van der Waals surface area contributed by atoms with Gasteiger partial charge in [-0.25, -0.2) is 4.79 Å². The summed E-state index contributed by atoms with van der Waals surface area (Å²) >= 11 is 0. The monoisotopic (exact) mass is 363 g/mol. The standard InChI is InChI=1S/C20H17N3O4/c1-2-12-21-17(24)13-27-20(26)18-15-10-6-7-11-16(15)19(25)23(22-18)14-8-4-3-5-9-14/h2-11H,1,12-13H2,(H,21,24). The van der Waals surface area contributed by atoms with Crippen LogP contribution in [0.1, 0.15) is 10.5 Å². The first kappa shape index (κ1) is 18.1. The third-order valence-corrected chi connectivity index (χ3v) is 3.78. The maximum Gasteiger partial charge on any atom is 0.359 e. The molecular weight excluding hydrogens is 346 g/mol. The second kappa shape index (κ2) is 8.09. The molecule has 0 spiro atoms. The Morgan fingerprint density at radius 2 is 1.74 bits per heavy atom. The summed E-state index contributed by atoms with van der Waals surface area (Å²) in [7, 11) is 0. The number of ether oxygens (including phenoxy) is 1. The molecule has 1 amide bonds. The van der Waals surface area contributed by atoms with Gasteiger partial charge in [0.2, 0.25) is 0 Å². The molecule has 2 aromatic carbocycles. The zero-order valence-electron chi connectivity index (χ0n) is 14.4. The van der Waals surface area contributed by atoms with Gasteiger partial charge in [-0.15, -0.1) is 6.58 Å². The lowest BCUT2D eigenvalue weighted by molar-refractivity contribution is -0.124. The average Bonchev–Trinajstić information content (AvgIpc) is 2.71. The van der Waals surface area contributed by atoms with E-state index in [2.05, 4.69) is 17.0 Å². The number of para-hydroxylation sites is 1. The number of amides is 1. The molecule has 1 aromatic heterocycles. The van der Waals surface area contributed by atoms with E-state index in [1.54, 1.807) is 48.5 Å². The van der Waals surface area contributed by atoms with Crippen LogP contribution in [0.25, 0.3) is 16.5 Å². The van der Waals surface area contributed by atoms with E-state index in [4.69, 9.17) is 4.74 Å². The maximum atomic E-state index is 12.8. The Morgan fingerprint density at radius 1 is 1.07 bits per heavy atom. The molecule has 7 heteroatoms. The third kappa shape index (κ3) is 3.92. The molecular formula is C20H17N3O4. The highest BCUT2D eigenvalue weighted by atomic mass is 16.5. The normalized spacial score (nSPS) is 10.4. The van der Waals surface area contributed by atoms with Crippen molar-refractivity contribution in [3.05, 3.63) is 83.3 Å². The van der Waals surface area contributed by atoms with Crippen LogP contribution in [0, 0.1) is 0 Å². The fourth-order valence-corrected chi connectivity index (χ4v) is 2.52. The molecule has 0 saturated carbocycles. The second-order valence-electron chi connectivity index (χ2n) is 5.62. The van der Waals surface area contributed by atoms with Gasteiger partial charge >= 0.3 is 5.97 Å². The van der Waals surface area contributed by atoms with Crippen molar-refractivity contribution < 1.29 is 14.3 Å². The minimum absolute atomic E-state index is 0.0365. The van der Waals surface area contributed by atoms with E-state index in [0.29, 0.717) is 16.5 Å². The number of carbonyl (C=O) groups is 2. The van der Waals surface area contributed by atoms with Crippen molar-refractivity contribution in [1.82, 2.24) is 15.1 Å². The molecule has 7 nitrogen and oxygen atoms in total. The van der Waals surface area contributed by atoms with E-state index < -0.39 is 18.5 Å². The topological polar surface area (TPSA) is 90.3 Å². The van der Waals surface area contributed by atoms with Crippen molar-refractivity contribution in [2.24, 2.45) is 0 Å². The maximum absolute atomic E-state index is 12.8. The first-order chi connectivity index (χ1) is 13.1. The Morgan fingerprint density at radius 3 is 2.44 bits per heavy atom. The molecule has 0 aliphatic heterocycles. The van der Waals surface area contributed by atoms with Crippen molar-refractivity contribution in [3.8, 4) is 5.69 Å². The third-order valence-electron chi connectivity index (χ3n) is 3.78. The molecule has 0 unspecified atom stereocenters. The SMILES string of the molecule is C=CCNC(=O)COC(=O)c1nn(-c2ccccc2)c(=O)c2ccccc12. The zero-order chi connectivity index (χ0) is 19.2. The molecule has 3 rings (SSSR count). The number of fused-ring (bicyclic) bond motifs is 1. The fourth-order valence-electron chi connectivity index (χ4n) is 2.52. The summed E-state index contributed by atoms with van der Waals surface area (Å²) in [5, 5.41) is 7.40. The summed E-state index contributed by atoms with van der Waals surface area (Å²) in [4.78, 5) is 36.9. The van der Waals surface area contributed by atoms with Gasteiger partial charge in [-0.1, -0.05) is 42.5 Å². The van der Waals surface area contributed by atoms with Crippen molar-refractivity contribution >= 4 is 22.6 Å². The predicted molar refractivity (Wildman–Crippen MR) is 101 cm³/mol. The predicted octanol–water partition coefficient (Wildman–Crippen LogP) is 1.84. The van der Waals surface area contributed by atoms with E-state index in [0.717, 1.165) is 4.68 Å². The highest BCUT2D eigenvalue weighted by molar-refractivity contribution is 6.02. The fraction of sp³-hybridized carbons (Fsp3) is 0.100. The molecule has 0 radical (unpaired) electrons. The zero-order valence-corrected chi connectivity index (χ0v) is 14.4. The number of aromatic nitrogens is 2. The smallest absolute Gasteiger partial charge is 0.359 e. The number of rotatable bonds is 6. The Kier molecular flexibility index (Phi) is 5.41. The van der Waals surface area contributed by atoms with Crippen LogP contribution in [0.5, 0.6) is 0 Å². The van der Waals surface area contributed by atoms with Crippen molar-refractivity contribution in [2.45, 2.75) is 0 Å². The van der Waals surface area contributed by atoms with Gasteiger partial charge in [0.05, 0.1) is 11.1 Å². The lowest BCUT2D eigenvalue weighted by atomic mass is 10.1. The summed E-state index contributed by atoms with van der Waals surface area (Å²) in [6, 6.07) is 15.4. The second-order valence-corrected chi connectivity index (χ2v) is 5.62. The summed E-state index contributed by atoms with van der Waals surface area (Å²) in [6.07, 6.45) is 1.52. The first-order valence-corrected chi connectivity index (χ1v) is 8.24. The lowest BCUT2D eigenvalue weighted by Crippen LogP contribution is -2.30. The number of hydrogen-bond donors (Lipinski definition) is 1. The molecule has 3 aromatic rings. The van der Waals surface area contributed by atoms with Gasteiger partial charge in [0.1, 0.15) is 0 Å². The van der Waals surface area contributed by atoms with Crippen LogP contribution in [0.4, 0.5) is 0 Å². The number of hydrogen-bond acceptors (Lipinski definition) is 5. The molecule has 0 fully saturated rings. The van der Waals surface area contributed by atoms with Crippen LogP contribution < -0.4 is 10.9 Å². The molecule has 0 saturated heterocycles. The molecule has 1 N–H and O–H groups in total. The molecule has 0 atom stereocenters. The summed E-state index contributed by atoms with van der Waals surface area (Å²) < 4.78 is 6.21. The molecule has 136 valence electrons. The number of nitrogens with zero attached hydrogens (tertiary/aromatic N) is 2.